The van der Waals surface area contributed by atoms with Gasteiger partial charge >= 0.3 is 0 Å². The lowest BCUT2D eigenvalue weighted by atomic mass is 10.0. The van der Waals surface area contributed by atoms with Gasteiger partial charge in [0.05, 0.1) is 0 Å². The first-order valence-electron chi connectivity index (χ1n) is 7.42. The number of hydrogen-bond acceptors (Lipinski definition) is 2. The Morgan fingerprint density at radius 3 is 2.05 bits per heavy atom. The molecule has 1 aromatic rings. The van der Waals surface area contributed by atoms with Gasteiger partial charge < -0.3 is 9.84 Å². The van der Waals surface area contributed by atoms with Crippen molar-refractivity contribution in [3.05, 3.63) is 42.4 Å². The van der Waals surface area contributed by atoms with Gasteiger partial charge in [-0.25, -0.2) is 0 Å². The normalized spacial score (nSPS) is 11.4. The van der Waals surface area contributed by atoms with Crippen LogP contribution in [0.2, 0.25) is 0 Å². The molecule has 0 spiro atoms. The van der Waals surface area contributed by atoms with Crippen LogP contribution in [0.1, 0.15) is 57.4 Å². The highest BCUT2D eigenvalue weighted by Crippen LogP contribution is 2.18. The van der Waals surface area contributed by atoms with E-state index in [0.29, 0.717) is 5.75 Å². The second kappa shape index (κ2) is 10.5. The van der Waals surface area contributed by atoms with Crippen LogP contribution in [0.4, 0.5) is 0 Å². The highest BCUT2D eigenvalue weighted by atomic mass is 16.5. The quantitative estimate of drug-likeness (QED) is 0.655. The van der Waals surface area contributed by atoms with Crippen LogP contribution in [-0.4, -0.2) is 5.11 Å². The Hall–Kier alpha value is -1.44. The molecule has 0 radical (unpaired) electrons. The minimum Gasteiger partial charge on any atom is -0.508 e. The maximum absolute atomic E-state index is 9.58. The van der Waals surface area contributed by atoms with E-state index >= 15 is 0 Å². The van der Waals surface area contributed by atoms with E-state index in [1.165, 1.54) is 44.9 Å². The van der Waals surface area contributed by atoms with Crippen molar-refractivity contribution in [3.63, 3.8) is 0 Å². The van der Waals surface area contributed by atoms with Gasteiger partial charge in [-0.2, -0.15) is 0 Å². The van der Waals surface area contributed by atoms with Crippen molar-refractivity contribution in [2.45, 2.75) is 58.3 Å². The molecular formula is C17H26O2. The number of phenolic OH excluding ortho intramolecular Hbond substituents is 1. The molecule has 0 saturated carbocycles. The Morgan fingerprint density at radius 1 is 0.895 bits per heavy atom. The van der Waals surface area contributed by atoms with Gasteiger partial charge in [0.15, 0.2) is 0 Å². The highest BCUT2D eigenvalue weighted by Gasteiger charge is 1.98. The van der Waals surface area contributed by atoms with Crippen LogP contribution in [0, 0.1) is 0 Å². The van der Waals surface area contributed by atoms with Gasteiger partial charge in [0.1, 0.15) is 18.3 Å². The maximum atomic E-state index is 9.58. The van der Waals surface area contributed by atoms with Crippen molar-refractivity contribution in [1.29, 1.82) is 0 Å². The van der Waals surface area contributed by atoms with E-state index in [2.05, 4.69) is 11.7 Å². The predicted octanol–water partition coefficient (Wildman–Crippen LogP) is 5.17. The van der Waals surface area contributed by atoms with Crippen molar-refractivity contribution >= 4 is 0 Å². The molecule has 0 unspecified atom stereocenters. The maximum Gasteiger partial charge on any atom is 0.125 e. The van der Waals surface area contributed by atoms with Gasteiger partial charge in [0, 0.05) is 0 Å². The summed E-state index contributed by atoms with van der Waals surface area (Å²) >= 11 is 0. The number of phenols is 1. The molecule has 0 aromatic heterocycles. The minimum atomic E-state index is 0.452. The number of benzene rings is 1. The summed E-state index contributed by atoms with van der Waals surface area (Å²) in [5.74, 6) is 0.452. The Kier molecular flexibility index (Phi) is 8.61. The van der Waals surface area contributed by atoms with Crippen molar-refractivity contribution in [2.75, 3.05) is 0 Å². The van der Waals surface area contributed by atoms with Crippen LogP contribution in [-0.2, 0) is 11.2 Å². The van der Waals surface area contributed by atoms with Gasteiger partial charge in [0.2, 0.25) is 0 Å². The molecule has 0 bridgehead atoms. The highest BCUT2D eigenvalue weighted by molar-refractivity contribution is 5.31. The first kappa shape index (κ1) is 15.6. The first-order valence-corrected chi connectivity index (χ1v) is 7.42. The molecule has 1 heterocycles. The Labute approximate surface area is 117 Å². The second-order valence-corrected chi connectivity index (χ2v) is 4.91. The van der Waals surface area contributed by atoms with Crippen LogP contribution < -0.4 is 0 Å². The third-order valence-electron chi connectivity index (χ3n) is 3.18. The van der Waals surface area contributed by atoms with Crippen molar-refractivity contribution < 1.29 is 9.84 Å². The average molecular weight is 262 g/mol. The molecule has 1 aromatic carbocycles. The molecule has 0 saturated heterocycles. The van der Waals surface area contributed by atoms with E-state index < -0.39 is 0 Å². The summed E-state index contributed by atoms with van der Waals surface area (Å²) in [4.78, 5) is 0. The molecule has 106 valence electrons. The third-order valence-corrected chi connectivity index (χ3v) is 3.18. The Balaban J connectivity index is 0.000000524. The molecule has 0 amide bonds. The summed E-state index contributed by atoms with van der Waals surface area (Å²) in [5, 5.41) is 9.58. The van der Waals surface area contributed by atoms with Gasteiger partial charge in [0.25, 0.3) is 0 Å². The fourth-order valence-electron chi connectivity index (χ4n) is 1.99. The van der Waals surface area contributed by atoms with Crippen LogP contribution in [0.15, 0.2) is 36.8 Å². The second-order valence-electron chi connectivity index (χ2n) is 4.91. The van der Waals surface area contributed by atoms with Crippen molar-refractivity contribution in [3.8, 4) is 5.75 Å². The molecule has 0 atom stereocenters. The number of aryl methyl sites for hydroxylation is 1. The van der Waals surface area contributed by atoms with E-state index in [9.17, 15) is 5.11 Å². The summed E-state index contributed by atoms with van der Waals surface area (Å²) in [6, 6.07) is 7.67. The molecule has 0 aliphatic carbocycles. The zero-order valence-electron chi connectivity index (χ0n) is 12.0. The largest absolute Gasteiger partial charge is 0.508 e. The van der Waals surface area contributed by atoms with Gasteiger partial charge in [-0.1, -0.05) is 63.6 Å². The molecule has 1 N–H and O–H groups in total. The lowest BCUT2D eigenvalue weighted by Crippen LogP contribution is -1.87. The van der Waals surface area contributed by atoms with E-state index in [1.54, 1.807) is 18.6 Å². The first-order chi connectivity index (χ1) is 9.34. The zero-order chi connectivity index (χ0) is 13.8. The van der Waals surface area contributed by atoms with E-state index in [0.717, 1.165) is 12.0 Å². The van der Waals surface area contributed by atoms with Crippen LogP contribution >= 0.6 is 0 Å². The number of ether oxygens (including phenoxy) is 1. The summed E-state index contributed by atoms with van der Waals surface area (Å²) in [6.45, 7) is 2.25. The SMILES string of the molecule is C1=CO1.CCCCCCCCCc1ccccc1O. The molecule has 2 heteroatoms. The average Bonchev–Trinajstić information content (AvgIpc) is 3.28. The molecule has 1 aliphatic heterocycles. The van der Waals surface area contributed by atoms with E-state index in [1.807, 2.05) is 18.2 Å². The predicted molar refractivity (Wildman–Crippen MR) is 80.0 cm³/mol. The Morgan fingerprint density at radius 2 is 1.47 bits per heavy atom. The van der Waals surface area contributed by atoms with E-state index in [-0.39, 0.29) is 0 Å². The molecule has 2 nitrogen and oxygen atoms in total. The van der Waals surface area contributed by atoms with Crippen molar-refractivity contribution in [2.24, 2.45) is 0 Å². The lowest BCUT2D eigenvalue weighted by Gasteiger charge is -2.04. The molecule has 0 fully saturated rings. The zero-order valence-corrected chi connectivity index (χ0v) is 12.0. The molecule has 2 rings (SSSR count). The Bertz CT molecular complexity index is 354. The van der Waals surface area contributed by atoms with Crippen LogP contribution in [0.5, 0.6) is 5.75 Å². The minimum absolute atomic E-state index is 0.452. The van der Waals surface area contributed by atoms with Gasteiger partial charge in [-0.15, -0.1) is 0 Å². The third kappa shape index (κ3) is 9.18. The molecule has 19 heavy (non-hydrogen) atoms. The summed E-state index contributed by atoms with van der Waals surface area (Å²) in [6.07, 6.45) is 13.5. The molecule has 1 aliphatic rings. The fourth-order valence-corrected chi connectivity index (χ4v) is 1.99. The number of unbranched alkanes of at least 4 members (excludes halogenated alkanes) is 6. The number of hydrogen-bond donors (Lipinski definition) is 1. The monoisotopic (exact) mass is 262 g/mol. The van der Waals surface area contributed by atoms with Crippen LogP contribution in [0.3, 0.4) is 0 Å². The summed E-state index contributed by atoms with van der Waals surface area (Å²) in [5.41, 5.74) is 1.09. The fraction of sp³-hybridized carbons (Fsp3) is 0.529. The molecular weight excluding hydrogens is 236 g/mol. The number of para-hydroxylation sites is 1. The smallest absolute Gasteiger partial charge is 0.125 e. The van der Waals surface area contributed by atoms with E-state index in [4.69, 9.17) is 0 Å². The number of aromatic hydroxyl groups is 1. The van der Waals surface area contributed by atoms with Crippen molar-refractivity contribution in [1.82, 2.24) is 0 Å². The standard InChI is InChI=1S/C15H24O.C2H2O/c1-2-3-4-5-6-7-8-11-14-12-9-10-13-15(14)16;1-2-3-1/h9-10,12-13,16H,2-8,11H2,1H3;1-2H. The lowest BCUT2D eigenvalue weighted by molar-refractivity contribution is 0.466. The summed E-state index contributed by atoms with van der Waals surface area (Å²) < 4.78 is 4.25. The van der Waals surface area contributed by atoms with Gasteiger partial charge in [-0.3, -0.25) is 0 Å². The number of rotatable bonds is 8. The topological polar surface area (TPSA) is 32.8 Å². The van der Waals surface area contributed by atoms with Crippen LogP contribution in [0.25, 0.3) is 0 Å². The summed E-state index contributed by atoms with van der Waals surface area (Å²) in [7, 11) is 0. The van der Waals surface area contributed by atoms with Gasteiger partial charge in [-0.05, 0) is 24.5 Å².